The van der Waals surface area contributed by atoms with E-state index in [1.807, 2.05) is 12.1 Å². The first-order chi connectivity index (χ1) is 21.9. The largest absolute Gasteiger partial charge is 0.316 e. The number of halogens is 1. The molecule has 0 aliphatic carbocycles. The first-order valence-electron chi connectivity index (χ1n) is 15.7. The summed E-state index contributed by atoms with van der Waals surface area (Å²) in [5, 5.41) is 0. The second-order valence-corrected chi connectivity index (χ2v) is 12.4. The minimum absolute atomic E-state index is 0.124. The Morgan fingerprint density at radius 1 is 0.711 bits per heavy atom. The van der Waals surface area contributed by atoms with Crippen LogP contribution < -0.4 is 0 Å². The van der Waals surface area contributed by atoms with Gasteiger partial charge in [0.2, 0.25) is 0 Å². The summed E-state index contributed by atoms with van der Waals surface area (Å²) in [4.78, 5) is 9.60. The van der Waals surface area contributed by atoms with Crippen molar-refractivity contribution < 1.29 is 4.39 Å². The molecule has 45 heavy (non-hydrogen) atoms. The summed E-state index contributed by atoms with van der Waals surface area (Å²) in [5.41, 5.74) is 6.92. The number of hydrogen-bond donors (Lipinski definition) is 0. The molecule has 2 aromatic heterocycles. The van der Waals surface area contributed by atoms with Gasteiger partial charge >= 0.3 is 0 Å². The van der Waals surface area contributed by atoms with E-state index in [1.54, 1.807) is 6.07 Å². The average Bonchev–Trinajstić information content (AvgIpc) is 3.48. The highest BCUT2D eigenvalue weighted by atomic mass is 19.1. The highest BCUT2D eigenvalue weighted by Gasteiger charge is 2.40. The molecule has 4 heteroatoms. The number of nitrogens with zero attached hydrogens (tertiary/aromatic N) is 3. The van der Waals surface area contributed by atoms with Crippen molar-refractivity contribution >= 4 is 0 Å². The second-order valence-electron chi connectivity index (χ2n) is 12.4. The highest BCUT2D eigenvalue weighted by Crippen LogP contribution is 2.42. The van der Waals surface area contributed by atoms with Crippen LogP contribution in [0.4, 0.5) is 4.39 Å². The smallest absolute Gasteiger partial charge is 0.141 e. The van der Waals surface area contributed by atoms with Gasteiger partial charge in [0.15, 0.2) is 0 Å². The van der Waals surface area contributed by atoms with Crippen molar-refractivity contribution in [1.29, 1.82) is 0 Å². The summed E-state index contributed by atoms with van der Waals surface area (Å²) in [5.74, 6) is 0.663. The molecule has 0 bridgehead atoms. The van der Waals surface area contributed by atoms with E-state index < -0.39 is 5.54 Å². The van der Waals surface area contributed by atoms with E-state index in [0.29, 0.717) is 6.42 Å². The SMILES string of the molecule is CCC(C)(C)Cc1cn(C(c2ccccc2)(c2ccccc2)c2ccccc2)c(C[CH]c2ccc(-c3ccc(F)cn3)cc2)n1. The summed E-state index contributed by atoms with van der Waals surface area (Å²) in [6.45, 7) is 6.88. The predicted molar refractivity (Wildman–Crippen MR) is 181 cm³/mol. The van der Waals surface area contributed by atoms with Crippen LogP contribution in [-0.4, -0.2) is 14.5 Å². The van der Waals surface area contributed by atoms with Crippen LogP contribution >= 0.6 is 0 Å². The minimum Gasteiger partial charge on any atom is -0.316 e. The molecular weight excluding hydrogens is 553 g/mol. The van der Waals surface area contributed by atoms with Gasteiger partial charge in [0.25, 0.3) is 0 Å². The van der Waals surface area contributed by atoms with Crippen LogP contribution in [0.15, 0.2) is 140 Å². The van der Waals surface area contributed by atoms with Crippen LogP contribution in [0, 0.1) is 17.7 Å². The first kappa shape index (κ1) is 30.2. The van der Waals surface area contributed by atoms with Crippen LogP contribution in [0.25, 0.3) is 11.3 Å². The van der Waals surface area contributed by atoms with Gasteiger partial charge in [-0.05, 0) is 52.6 Å². The lowest BCUT2D eigenvalue weighted by atomic mass is 9.76. The average molecular weight is 593 g/mol. The standard InChI is InChI=1S/C41H39FN3/c1-4-40(2,3)28-37-30-45(39(44-37)27-22-31-20-23-32(24-21-31)38-26-25-36(42)29-43-38)41(33-14-8-5-9-15-33,34-16-10-6-11-17-34)35-18-12-7-13-19-35/h5-26,29-30H,4,27-28H2,1-3H3. The van der Waals surface area contributed by atoms with Crippen LogP contribution in [-0.2, 0) is 18.4 Å². The van der Waals surface area contributed by atoms with Gasteiger partial charge in [-0.3, -0.25) is 4.98 Å². The number of aromatic nitrogens is 3. The van der Waals surface area contributed by atoms with Crippen molar-refractivity contribution in [2.75, 3.05) is 0 Å². The third kappa shape index (κ3) is 6.37. The van der Waals surface area contributed by atoms with Crippen LogP contribution in [0.3, 0.4) is 0 Å². The van der Waals surface area contributed by atoms with Crippen LogP contribution in [0.2, 0.25) is 0 Å². The number of benzene rings is 4. The molecule has 0 fully saturated rings. The van der Waals surface area contributed by atoms with E-state index in [0.717, 1.165) is 41.2 Å². The van der Waals surface area contributed by atoms with Crippen LogP contribution in [0.1, 0.15) is 61.0 Å². The zero-order chi connectivity index (χ0) is 31.3. The summed E-state index contributed by atoms with van der Waals surface area (Å²) in [7, 11) is 0. The number of pyridine rings is 1. The normalized spacial score (nSPS) is 11.9. The van der Waals surface area contributed by atoms with E-state index in [9.17, 15) is 4.39 Å². The number of hydrogen-bond acceptors (Lipinski definition) is 2. The molecule has 0 spiro atoms. The van der Waals surface area contributed by atoms with Gasteiger partial charge in [-0.15, -0.1) is 0 Å². The molecule has 0 unspecified atom stereocenters. The zero-order valence-electron chi connectivity index (χ0n) is 26.2. The third-order valence-electron chi connectivity index (χ3n) is 8.84. The molecular formula is C41H39FN3. The van der Waals surface area contributed by atoms with Crippen molar-refractivity contribution in [2.24, 2.45) is 5.41 Å². The van der Waals surface area contributed by atoms with Gasteiger partial charge in [0.1, 0.15) is 17.2 Å². The van der Waals surface area contributed by atoms with Crippen molar-refractivity contribution in [2.45, 2.75) is 45.6 Å². The van der Waals surface area contributed by atoms with Gasteiger partial charge in [-0.2, -0.15) is 0 Å². The maximum atomic E-state index is 13.4. The highest BCUT2D eigenvalue weighted by molar-refractivity contribution is 5.59. The predicted octanol–water partition coefficient (Wildman–Crippen LogP) is 9.70. The Morgan fingerprint density at radius 2 is 1.27 bits per heavy atom. The zero-order valence-corrected chi connectivity index (χ0v) is 26.2. The van der Waals surface area contributed by atoms with E-state index in [2.05, 4.69) is 146 Å². The Labute approximate surface area is 266 Å². The molecule has 6 rings (SSSR count). The fraction of sp³-hybridized carbons (Fsp3) is 0.195. The van der Waals surface area contributed by atoms with E-state index in [1.165, 1.54) is 29.0 Å². The lowest BCUT2D eigenvalue weighted by molar-refractivity contribution is 0.345. The molecule has 0 aliphatic rings. The third-order valence-corrected chi connectivity index (χ3v) is 8.84. The first-order valence-corrected chi connectivity index (χ1v) is 15.7. The van der Waals surface area contributed by atoms with E-state index in [-0.39, 0.29) is 11.2 Å². The fourth-order valence-corrected chi connectivity index (χ4v) is 6.11. The molecule has 0 aliphatic heterocycles. The lowest BCUT2D eigenvalue weighted by Gasteiger charge is -2.38. The number of imidazole rings is 1. The van der Waals surface area contributed by atoms with Crippen molar-refractivity contribution in [3.8, 4) is 11.3 Å². The fourth-order valence-electron chi connectivity index (χ4n) is 6.11. The van der Waals surface area contributed by atoms with Crippen molar-refractivity contribution in [3.63, 3.8) is 0 Å². The molecule has 0 saturated carbocycles. The van der Waals surface area contributed by atoms with Crippen molar-refractivity contribution in [1.82, 2.24) is 14.5 Å². The Kier molecular flexibility index (Phi) is 8.75. The Hall–Kier alpha value is -4.83. The summed E-state index contributed by atoms with van der Waals surface area (Å²) >= 11 is 0. The number of rotatable bonds is 11. The molecule has 0 N–H and O–H groups in total. The lowest BCUT2D eigenvalue weighted by Crippen LogP contribution is -2.38. The van der Waals surface area contributed by atoms with Gasteiger partial charge < -0.3 is 4.57 Å². The quantitative estimate of drug-likeness (QED) is 0.140. The molecule has 225 valence electrons. The Balaban J connectivity index is 1.47. The maximum absolute atomic E-state index is 13.4. The van der Waals surface area contributed by atoms with E-state index >= 15 is 0 Å². The molecule has 1 radical (unpaired) electrons. The Morgan fingerprint density at radius 3 is 1.76 bits per heavy atom. The second kappa shape index (κ2) is 13.0. The monoisotopic (exact) mass is 592 g/mol. The molecule has 2 heterocycles. The van der Waals surface area contributed by atoms with E-state index in [4.69, 9.17) is 4.98 Å². The van der Waals surface area contributed by atoms with Crippen LogP contribution in [0.5, 0.6) is 0 Å². The summed E-state index contributed by atoms with van der Waals surface area (Å²) < 4.78 is 15.8. The summed E-state index contributed by atoms with van der Waals surface area (Å²) in [6.07, 6.45) is 8.38. The topological polar surface area (TPSA) is 30.7 Å². The van der Waals surface area contributed by atoms with Gasteiger partial charge in [-0.1, -0.05) is 142 Å². The molecule has 0 atom stereocenters. The van der Waals surface area contributed by atoms with Crippen molar-refractivity contribution in [3.05, 3.63) is 186 Å². The molecule has 0 saturated heterocycles. The van der Waals surface area contributed by atoms with Gasteiger partial charge in [-0.25, -0.2) is 9.37 Å². The maximum Gasteiger partial charge on any atom is 0.141 e. The molecule has 6 aromatic rings. The summed E-state index contributed by atoms with van der Waals surface area (Å²) in [6, 6.07) is 43.7. The molecule has 4 aromatic carbocycles. The molecule has 3 nitrogen and oxygen atoms in total. The Bertz CT molecular complexity index is 1710. The minimum atomic E-state index is -0.632. The van der Waals surface area contributed by atoms with Gasteiger partial charge in [0.05, 0.1) is 17.6 Å². The van der Waals surface area contributed by atoms with Gasteiger partial charge in [0, 0.05) is 18.2 Å². The molecule has 0 amide bonds.